The summed E-state index contributed by atoms with van der Waals surface area (Å²) in [7, 11) is 0. The number of aliphatic hydroxyl groups is 1. The number of nitrogens with one attached hydrogen (secondary N) is 3. The van der Waals surface area contributed by atoms with Crippen molar-refractivity contribution in [3.63, 3.8) is 0 Å². The van der Waals surface area contributed by atoms with Gasteiger partial charge in [-0.25, -0.2) is 9.78 Å². The third-order valence-corrected chi connectivity index (χ3v) is 6.32. The zero-order valence-corrected chi connectivity index (χ0v) is 19.1. The van der Waals surface area contributed by atoms with E-state index in [1.54, 1.807) is 30.3 Å². The Hall–Kier alpha value is -4.76. The van der Waals surface area contributed by atoms with Crippen molar-refractivity contribution in [2.24, 2.45) is 0 Å². The number of para-hydroxylation sites is 1. The lowest BCUT2D eigenvalue weighted by molar-refractivity contribution is 0.0858. The molecule has 1 aliphatic carbocycles. The molecule has 9 nitrogen and oxygen atoms in total. The van der Waals surface area contributed by atoms with Crippen molar-refractivity contribution in [3.05, 3.63) is 112 Å². The summed E-state index contributed by atoms with van der Waals surface area (Å²) >= 11 is 0. The number of hydrogen-bond donors (Lipinski definition) is 4. The number of anilines is 2. The van der Waals surface area contributed by atoms with Crippen LogP contribution in [0.3, 0.4) is 0 Å². The number of benzene rings is 3. The van der Waals surface area contributed by atoms with Crippen LogP contribution >= 0.6 is 0 Å². The number of carbonyl (C=O) groups excluding carboxylic acids is 1. The number of rotatable bonds is 5. The van der Waals surface area contributed by atoms with E-state index in [1.165, 1.54) is 4.68 Å². The first-order valence-electron chi connectivity index (χ1n) is 11.5. The van der Waals surface area contributed by atoms with Crippen molar-refractivity contribution in [1.29, 1.82) is 0 Å². The van der Waals surface area contributed by atoms with E-state index in [-0.39, 0.29) is 11.9 Å². The number of carbonyl (C=O) groups is 1. The smallest absolute Gasteiger partial charge is 0.350 e. The Balaban J connectivity index is 1.16. The van der Waals surface area contributed by atoms with Crippen LogP contribution in [-0.2, 0) is 6.42 Å². The van der Waals surface area contributed by atoms with E-state index in [1.807, 2.05) is 54.6 Å². The fourth-order valence-electron chi connectivity index (χ4n) is 4.52. The molecule has 2 atom stereocenters. The Kier molecular flexibility index (Phi) is 5.31. The van der Waals surface area contributed by atoms with E-state index in [2.05, 4.69) is 25.7 Å². The normalized spacial score (nSPS) is 16.6. The van der Waals surface area contributed by atoms with Crippen LogP contribution in [0.15, 0.2) is 89.7 Å². The van der Waals surface area contributed by atoms with E-state index in [0.29, 0.717) is 23.5 Å². The minimum Gasteiger partial charge on any atom is -0.390 e. The van der Waals surface area contributed by atoms with Crippen LogP contribution < -0.4 is 16.3 Å². The number of pyridine rings is 1. The Morgan fingerprint density at radius 3 is 2.61 bits per heavy atom. The molecule has 0 radical (unpaired) electrons. The van der Waals surface area contributed by atoms with Gasteiger partial charge >= 0.3 is 5.69 Å². The summed E-state index contributed by atoms with van der Waals surface area (Å²) in [6, 6.07) is 25.3. The fourth-order valence-corrected chi connectivity index (χ4v) is 4.52. The molecule has 36 heavy (non-hydrogen) atoms. The number of nitrogens with zero attached hydrogens (tertiary/aromatic N) is 3. The highest BCUT2D eigenvalue weighted by Gasteiger charge is 2.32. The molecule has 0 bridgehead atoms. The highest BCUT2D eigenvalue weighted by molar-refractivity contribution is 5.95. The van der Waals surface area contributed by atoms with Crippen LogP contribution in [0.25, 0.3) is 16.7 Å². The molecule has 1 amide bonds. The van der Waals surface area contributed by atoms with Gasteiger partial charge in [0.2, 0.25) is 5.95 Å². The fraction of sp³-hybridized carbons (Fsp3) is 0.111. The molecule has 178 valence electrons. The maximum Gasteiger partial charge on any atom is 0.350 e. The van der Waals surface area contributed by atoms with Gasteiger partial charge in [0.05, 0.1) is 17.7 Å². The van der Waals surface area contributed by atoms with Crippen molar-refractivity contribution in [2.75, 3.05) is 5.32 Å². The predicted molar refractivity (Wildman–Crippen MR) is 136 cm³/mol. The van der Waals surface area contributed by atoms with Crippen LogP contribution in [0.1, 0.15) is 27.5 Å². The molecule has 0 aliphatic heterocycles. The van der Waals surface area contributed by atoms with E-state index in [9.17, 15) is 14.7 Å². The lowest BCUT2D eigenvalue weighted by Crippen LogP contribution is -2.33. The van der Waals surface area contributed by atoms with Crippen molar-refractivity contribution in [2.45, 2.75) is 18.6 Å². The monoisotopic (exact) mass is 478 g/mol. The summed E-state index contributed by atoms with van der Waals surface area (Å²) in [6.45, 7) is 0. The van der Waals surface area contributed by atoms with E-state index in [4.69, 9.17) is 0 Å². The molecule has 9 heteroatoms. The minimum atomic E-state index is -0.656. The van der Waals surface area contributed by atoms with Gasteiger partial charge in [0.25, 0.3) is 5.91 Å². The molecule has 0 fully saturated rings. The first-order valence-corrected chi connectivity index (χ1v) is 11.5. The molecular weight excluding hydrogens is 456 g/mol. The number of aliphatic hydroxyl groups excluding tert-OH is 1. The standard InChI is InChI=1S/C27H22N6O3/c34-22-15-18-6-1-3-7-20(18)24(22)30-25(35)17-9-12-19(13-10-17)28-26-31-27(36)33(32-26)23-14-11-16-5-2-4-8-21(16)29-23/h1-14,22,24,34H,15H2,(H,30,35)(H2,28,31,32,36)/t22-,24+/m0/s1. The zero-order chi connectivity index (χ0) is 24.6. The Labute approximate surface area is 205 Å². The number of fused-ring (bicyclic) bond motifs is 2. The van der Waals surface area contributed by atoms with E-state index < -0.39 is 17.8 Å². The first kappa shape index (κ1) is 21.8. The average Bonchev–Trinajstić information content (AvgIpc) is 3.42. The summed E-state index contributed by atoms with van der Waals surface area (Å²) in [5.41, 5.74) is 3.43. The molecule has 2 aromatic heterocycles. The maximum atomic E-state index is 12.8. The summed E-state index contributed by atoms with van der Waals surface area (Å²) in [5, 5.41) is 21.7. The summed E-state index contributed by atoms with van der Waals surface area (Å²) in [4.78, 5) is 32.5. The van der Waals surface area contributed by atoms with Gasteiger partial charge in [-0.2, -0.15) is 4.68 Å². The largest absolute Gasteiger partial charge is 0.390 e. The molecule has 3 aromatic carbocycles. The Morgan fingerprint density at radius 1 is 0.972 bits per heavy atom. The van der Waals surface area contributed by atoms with Gasteiger partial charge < -0.3 is 15.7 Å². The van der Waals surface area contributed by atoms with Gasteiger partial charge in [-0.3, -0.25) is 9.78 Å². The second-order valence-electron chi connectivity index (χ2n) is 8.68. The van der Waals surface area contributed by atoms with Crippen molar-refractivity contribution < 1.29 is 9.90 Å². The molecule has 0 spiro atoms. The molecule has 4 N–H and O–H groups in total. The SMILES string of the molecule is O=C(N[C@@H]1c2ccccc2C[C@@H]1O)c1ccc(Nc2nn(-c3ccc4ccccc4n3)c(=O)[nH]2)cc1. The van der Waals surface area contributed by atoms with Crippen molar-refractivity contribution >= 4 is 28.4 Å². The van der Waals surface area contributed by atoms with Crippen molar-refractivity contribution in [1.82, 2.24) is 25.1 Å². The Morgan fingerprint density at radius 2 is 1.75 bits per heavy atom. The van der Waals surface area contributed by atoms with Crippen LogP contribution in [0.2, 0.25) is 0 Å². The minimum absolute atomic E-state index is 0.248. The number of aromatic nitrogens is 4. The summed E-state index contributed by atoms with van der Waals surface area (Å²) in [6.07, 6.45) is -0.139. The second-order valence-corrected chi connectivity index (χ2v) is 8.68. The third kappa shape index (κ3) is 4.01. The lowest BCUT2D eigenvalue weighted by atomic mass is 10.1. The molecule has 0 unspecified atom stereocenters. The van der Waals surface area contributed by atoms with E-state index >= 15 is 0 Å². The molecule has 0 saturated carbocycles. The number of H-pyrrole nitrogens is 1. The van der Waals surface area contributed by atoms with Gasteiger partial charge in [-0.15, -0.1) is 5.10 Å². The molecule has 6 rings (SSSR count). The highest BCUT2D eigenvalue weighted by atomic mass is 16.3. The summed E-state index contributed by atoms with van der Waals surface area (Å²) in [5.74, 6) is 0.380. The van der Waals surface area contributed by atoms with Crippen molar-refractivity contribution in [3.8, 4) is 5.82 Å². The topological polar surface area (TPSA) is 125 Å². The van der Waals surface area contributed by atoms with Gasteiger partial charge in [-0.05, 0) is 53.6 Å². The predicted octanol–water partition coefficient (Wildman–Crippen LogP) is 3.24. The third-order valence-electron chi connectivity index (χ3n) is 6.32. The van der Waals surface area contributed by atoms with E-state index in [0.717, 1.165) is 22.0 Å². The highest BCUT2D eigenvalue weighted by Crippen LogP contribution is 2.31. The molecule has 5 aromatic rings. The van der Waals surface area contributed by atoms with Crippen LogP contribution in [0.5, 0.6) is 0 Å². The maximum absolute atomic E-state index is 12.8. The second kappa shape index (κ2) is 8.79. The van der Waals surface area contributed by atoms with Crippen LogP contribution in [0.4, 0.5) is 11.6 Å². The average molecular weight is 479 g/mol. The molecular formula is C27H22N6O3. The lowest BCUT2D eigenvalue weighted by Gasteiger charge is -2.18. The van der Waals surface area contributed by atoms with Gasteiger partial charge in [-0.1, -0.05) is 42.5 Å². The Bertz CT molecular complexity index is 1640. The van der Waals surface area contributed by atoms with Gasteiger partial charge in [0.1, 0.15) is 0 Å². The number of aromatic amines is 1. The molecule has 1 aliphatic rings. The molecule has 2 heterocycles. The first-order chi connectivity index (χ1) is 17.5. The quantitative estimate of drug-likeness (QED) is 0.307. The van der Waals surface area contributed by atoms with Gasteiger partial charge in [0.15, 0.2) is 5.82 Å². The zero-order valence-electron chi connectivity index (χ0n) is 19.1. The van der Waals surface area contributed by atoms with Gasteiger partial charge in [0, 0.05) is 23.1 Å². The summed E-state index contributed by atoms with van der Waals surface area (Å²) < 4.78 is 1.20. The molecule has 0 saturated heterocycles. The number of hydrogen-bond acceptors (Lipinski definition) is 6. The van der Waals surface area contributed by atoms with Crippen LogP contribution in [-0.4, -0.2) is 36.9 Å². The van der Waals surface area contributed by atoms with Crippen LogP contribution in [0, 0.1) is 0 Å². The number of amides is 1.